The summed E-state index contributed by atoms with van der Waals surface area (Å²) in [4.78, 5) is 10.6. The van der Waals surface area contributed by atoms with Crippen molar-refractivity contribution in [3.05, 3.63) is 35.5 Å². The van der Waals surface area contributed by atoms with Crippen LogP contribution in [0.5, 0.6) is 0 Å². The number of carboxylic acid groups (broad SMARTS) is 1. The highest BCUT2D eigenvalue weighted by molar-refractivity contribution is 5.85. The van der Waals surface area contributed by atoms with Crippen LogP contribution in [0.4, 0.5) is 0 Å². The first kappa shape index (κ1) is 14.7. The van der Waals surface area contributed by atoms with E-state index >= 15 is 0 Å². The predicted molar refractivity (Wildman–Crippen MR) is 72.3 cm³/mol. The van der Waals surface area contributed by atoms with E-state index in [1.165, 1.54) is 5.57 Å². The summed E-state index contributed by atoms with van der Waals surface area (Å²) in [7, 11) is 0. The van der Waals surface area contributed by atoms with Gasteiger partial charge in [0.05, 0.1) is 5.60 Å². The van der Waals surface area contributed by atoms with Gasteiger partial charge in [0.15, 0.2) is 0 Å². The van der Waals surface area contributed by atoms with Crippen molar-refractivity contribution in [3.63, 3.8) is 0 Å². The zero-order chi connectivity index (χ0) is 13.8. The van der Waals surface area contributed by atoms with Crippen molar-refractivity contribution in [2.75, 3.05) is 0 Å². The van der Waals surface area contributed by atoms with E-state index in [1.807, 2.05) is 0 Å². The summed E-state index contributed by atoms with van der Waals surface area (Å²) < 4.78 is 0. The van der Waals surface area contributed by atoms with Crippen LogP contribution in [0.1, 0.15) is 46.0 Å². The van der Waals surface area contributed by atoms with E-state index in [0.29, 0.717) is 24.8 Å². The maximum Gasteiger partial charge on any atom is 0.330 e. The molecule has 1 aliphatic carbocycles. The van der Waals surface area contributed by atoms with Crippen molar-refractivity contribution in [2.45, 2.75) is 51.6 Å². The van der Waals surface area contributed by atoms with E-state index in [1.54, 1.807) is 13.0 Å². The quantitative estimate of drug-likeness (QED) is 0.582. The summed E-state index contributed by atoms with van der Waals surface area (Å²) >= 11 is 0. The molecule has 18 heavy (non-hydrogen) atoms. The van der Waals surface area contributed by atoms with Gasteiger partial charge in [-0.3, -0.25) is 0 Å². The minimum absolute atomic E-state index is 0.342. The van der Waals surface area contributed by atoms with Gasteiger partial charge in [-0.25, -0.2) is 4.79 Å². The Morgan fingerprint density at radius 1 is 1.61 bits per heavy atom. The lowest BCUT2D eigenvalue weighted by Crippen LogP contribution is -2.32. The predicted octanol–water partition coefficient (Wildman–Crippen LogP) is 3.22. The van der Waals surface area contributed by atoms with Gasteiger partial charge in [-0.2, -0.15) is 0 Å². The zero-order valence-corrected chi connectivity index (χ0v) is 11.2. The Kier molecular flexibility index (Phi) is 4.91. The Hall–Kier alpha value is -1.35. The maximum absolute atomic E-state index is 10.6. The fourth-order valence-corrected chi connectivity index (χ4v) is 2.06. The van der Waals surface area contributed by atoms with Gasteiger partial charge in [-0.1, -0.05) is 24.3 Å². The topological polar surface area (TPSA) is 57.5 Å². The zero-order valence-electron chi connectivity index (χ0n) is 11.2. The molecule has 0 aromatic carbocycles. The van der Waals surface area contributed by atoms with Gasteiger partial charge in [-0.05, 0) is 51.5 Å². The lowest BCUT2D eigenvalue weighted by atomic mass is 9.79. The van der Waals surface area contributed by atoms with Gasteiger partial charge in [0.25, 0.3) is 0 Å². The maximum atomic E-state index is 10.6. The molecule has 0 fully saturated rings. The Labute approximate surface area is 109 Å². The highest BCUT2D eigenvalue weighted by atomic mass is 16.4. The van der Waals surface area contributed by atoms with Gasteiger partial charge >= 0.3 is 5.97 Å². The van der Waals surface area contributed by atoms with Crippen LogP contribution in [-0.4, -0.2) is 21.8 Å². The van der Waals surface area contributed by atoms with Crippen LogP contribution in [0.3, 0.4) is 0 Å². The molecule has 0 amide bonds. The molecule has 1 atom stereocenters. The number of allylic oxidation sites excluding steroid dienone is 2. The van der Waals surface area contributed by atoms with Crippen molar-refractivity contribution in [1.29, 1.82) is 0 Å². The second-order valence-electron chi connectivity index (χ2n) is 5.12. The minimum Gasteiger partial charge on any atom is -0.478 e. The molecule has 2 N–H and O–H groups in total. The molecule has 3 nitrogen and oxygen atoms in total. The summed E-state index contributed by atoms with van der Waals surface area (Å²) in [6.45, 7) is 7.61. The number of hydrogen-bond acceptors (Lipinski definition) is 2. The van der Waals surface area contributed by atoms with Gasteiger partial charge in [0, 0.05) is 5.57 Å². The summed E-state index contributed by atoms with van der Waals surface area (Å²) in [5.74, 6) is -0.893. The summed E-state index contributed by atoms with van der Waals surface area (Å²) in [5.41, 5.74) is 1.66. The van der Waals surface area contributed by atoms with Crippen LogP contribution < -0.4 is 0 Å². The monoisotopic (exact) mass is 250 g/mol. The van der Waals surface area contributed by atoms with E-state index in [0.717, 1.165) is 18.4 Å². The number of carbonyl (C=O) groups is 1. The molecule has 0 aliphatic heterocycles. The Morgan fingerprint density at radius 3 is 2.78 bits per heavy atom. The van der Waals surface area contributed by atoms with Crippen LogP contribution in [-0.2, 0) is 4.79 Å². The summed E-state index contributed by atoms with van der Waals surface area (Å²) in [5, 5.41) is 19.2. The average Bonchev–Trinajstić information content (AvgIpc) is 2.32. The third kappa shape index (κ3) is 3.84. The van der Waals surface area contributed by atoms with E-state index in [-0.39, 0.29) is 0 Å². The summed E-state index contributed by atoms with van der Waals surface area (Å²) in [6, 6.07) is 0. The molecule has 1 rings (SSSR count). The fourth-order valence-electron chi connectivity index (χ4n) is 2.06. The highest BCUT2D eigenvalue weighted by Crippen LogP contribution is 2.34. The van der Waals surface area contributed by atoms with E-state index in [9.17, 15) is 9.90 Å². The largest absolute Gasteiger partial charge is 0.478 e. The Bertz CT molecular complexity index is 404. The second-order valence-corrected chi connectivity index (χ2v) is 5.12. The van der Waals surface area contributed by atoms with Crippen molar-refractivity contribution >= 4 is 5.97 Å². The molecule has 0 aromatic heterocycles. The van der Waals surface area contributed by atoms with Gasteiger partial charge in [0.2, 0.25) is 0 Å². The Balaban J connectivity index is 2.51. The third-order valence-corrected chi connectivity index (χ3v) is 3.61. The second kappa shape index (κ2) is 6.01. The van der Waals surface area contributed by atoms with Crippen LogP contribution in [0.2, 0.25) is 0 Å². The van der Waals surface area contributed by atoms with Crippen molar-refractivity contribution in [1.82, 2.24) is 0 Å². The van der Waals surface area contributed by atoms with E-state index in [4.69, 9.17) is 5.11 Å². The lowest BCUT2D eigenvalue weighted by molar-refractivity contribution is -0.132. The summed E-state index contributed by atoms with van der Waals surface area (Å²) in [6.07, 6.45) is 7.23. The smallest absolute Gasteiger partial charge is 0.330 e. The van der Waals surface area contributed by atoms with E-state index < -0.39 is 11.6 Å². The SMILES string of the molecule is C=C(CC/C=C(\C)C(=O)O)C1(O)CC=C(C)CC1. The lowest BCUT2D eigenvalue weighted by Gasteiger charge is -2.33. The van der Waals surface area contributed by atoms with Crippen LogP contribution in [0.25, 0.3) is 0 Å². The molecule has 1 aliphatic rings. The van der Waals surface area contributed by atoms with Gasteiger partial charge in [0.1, 0.15) is 0 Å². The van der Waals surface area contributed by atoms with Crippen LogP contribution in [0, 0.1) is 0 Å². The number of hydrogen-bond donors (Lipinski definition) is 2. The molecule has 3 heteroatoms. The van der Waals surface area contributed by atoms with E-state index in [2.05, 4.69) is 19.6 Å². The third-order valence-electron chi connectivity index (χ3n) is 3.61. The first-order valence-electron chi connectivity index (χ1n) is 6.31. The van der Waals surface area contributed by atoms with Gasteiger partial charge in [-0.15, -0.1) is 0 Å². The fraction of sp³-hybridized carbons (Fsp3) is 0.533. The molecule has 0 heterocycles. The Morgan fingerprint density at radius 2 is 2.28 bits per heavy atom. The molecule has 0 aromatic rings. The molecule has 1 unspecified atom stereocenters. The molecule has 0 saturated heterocycles. The van der Waals surface area contributed by atoms with Crippen molar-refractivity contribution in [2.24, 2.45) is 0 Å². The first-order valence-corrected chi connectivity index (χ1v) is 6.31. The van der Waals surface area contributed by atoms with Crippen LogP contribution >= 0.6 is 0 Å². The molecule has 100 valence electrons. The molecule has 0 saturated carbocycles. The number of carboxylic acids is 1. The average molecular weight is 250 g/mol. The number of rotatable bonds is 5. The standard InChI is InChI=1S/C15H22O3/c1-11-7-9-15(18,10-8-11)13(3)6-4-5-12(2)14(16)17/h5,7,18H,3-4,6,8-10H2,1-2H3,(H,16,17)/b12-5+. The molecular formula is C15H22O3. The van der Waals surface area contributed by atoms with Crippen LogP contribution in [0.15, 0.2) is 35.5 Å². The molecular weight excluding hydrogens is 228 g/mol. The highest BCUT2D eigenvalue weighted by Gasteiger charge is 2.30. The normalized spacial score (nSPS) is 24.6. The molecule has 0 radical (unpaired) electrons. The van der Waals surface area contributed by atoms with Crippen molar-refractivity contribution in [3.8, 4) is 0 Å². The minimum atomic E-state index is -0.893. The van der Waals surface area contributed by atoms with Gasteiger partial charge < -0.3 is 10.2 Å². The van der Waals surface area contributed by atoms with Crippen molar-refractivity contribution < 1.29 is 15.0 Å². The molecule has 0 spiro atoms. The molecule has 0 bridgehead atoms. The number of aliphatic hydroxyl groups is 1. The number of aliphatic carboxylic acids is 1. The first-order chi connectivity index (χ1) is 8.35.